The Kier molecular flexibility index (Phi) is 4.15. The number of nitrogens with one attached hydrogen (secondary N) is 1. The molecular weight excluding hydrogens is 246 g/mol. The average Bonchev–Trinajstić information content (AvgIpc) is 2.94. The lowest BCUT2D eigenvalue weighted by Crippen LogP contribution is -2.22. The fourth-order valence-electron chi connectivity index (χ4n) is 1.55. The van der Waals surface area contributed by atoms with Crippen LogP contribution in [0.25, 0.3) is 0 Å². The fourth-order valence-corrected chi connectivity index (χ4v) is 1.55. The number of aromatic nitrogens is 1. The van der Waals surface area contributed by atoms with Crippen LogP contribution in [0.5, 0.6) is 5.88 Å². The van der Waals surface area contributed by atoms with Crippen molar-refractivity contribution in [2.75, 3.05) is 7.11 Å². The Morgan fingerprint density at radius 1 is 1.47 bits per heavy atom. The number of pyridine rings is 1. The van der Waals surface area contributed by atoms with E-state index in [9.17, 15) is 4.79 Å². The third kappa shape index (κ3) is 3.32. The van der Waals surface area contributed by atoms with E-state index in [1.165, 1.54) is 0 Å². The Balaban J connectivity index is 1.96. The predicted octanol–water partition coefficient (Wildman–Crippen LogP) is 1.07. The number of rotatable bonds is 5. The molecule has 2 aromatic rings. The number of carbonyl (C=O) groups excluding carboxylic acids is 1. The first-order chi connectivity index (χ1) is 9.22. The molecule has 0 aliphatic rings. The number of amides is 1. The van der Waals surface area contributed by atoms with Crippen LogP contribution in [0.15, 0.2) is 34.9 Å². The van der Waals surface area contributed by atoms with E-state index in [0.717, 1.165) is 5.56 Å². The lowest BCUT2D eigenvalue weighted by molar-refractivity contribution is 0.0921. The Morgan fingerprint density at radius 3 is 3.00 bits per heavy atom. The van der Waals surface area contributed by atoms with Crippen molar-refractivity contribution in [3.63, 3.8) is 0 Å². The molecule has 0 fully saturated rings. The topological polar surface area (TPSA) is 90.4 Å². The number of hydrogen-bond acceptors (Lipinski definition) is 5. The van der Waals surface area contributed by atoms with Crippen molar-refractivity contribution in [2.45, 2.75) is 13.1 Å². The highest BCUT2D eigenvalue weighted by atomic mass is 16.5. The minimum Gasteiger partial charge on any atom is -0.481 e. The van der Waals surface area contributed by atoms with Gasteiger partial charge in [0, 0.05) is 18.8 Å². The molecule has 0 saturated carbocycles. The van der Waals surface area contributed by atoms with Crippen LogP contribution in [0.4, 0.5) is 0 Å². The van der Waals surface area contributed by atoms with Gasteiger partial charge in [0.15, 0.2) is 5.76 Å². The largest absolute Gasteiger partial charge is 0.481 e. The molecule has 1 amide bonds. The Labute approximate surface area is 110 Å². The summed E-state index contributed by atoms with van der Waals surface area (Å²) in [4.78, 5) is 15.8. The molecule has 0 spiro atoms. The molecule has 6 heteroatoms. The van der Waals surface area contributed by atoms with Gasteiger partial charge in [0.2, 0.25) is 5.88 Å². The summed E-state index contributed by atoms with van der Waals surface area (Å²) in [7, 11) is 1.54. The van der Waals surface area contributed by atoms with E-state index >= 15 is 0 Å². The van der Waals surface area contributed by atoms with E-state index in [1.807, 2.05) is 0 Å². The van der Waals surface area contributed by atoms with E-state index in [4.69, 9.17) is 14.9 Å². The SMILES string of the molecule is COc1cc(CNC(=O)c2ccc(CN)o2)ccn1. The zero-order valence-corrected chi connectivity index (χ0v) is 10.6. The second kappa shape index (κ2) is 6.01. The number of ether oxygens (including phenoxy) is 1. The van der Waals surface area contributed by atoms with E-state index in [0.29, 0.717) is 18.2 Å². The smallest absolute Gasteiger partial charge is 0.287 e. The van der Waals surface area contributed by atoms with Crippen LogP contribution in [0.1, 0.15) is 21.9 Å². The van der Waals surface area contributed by atoms with Gasteiger partial charge in [0.1, 0.15) is 5.76 Å². The first-order valence-corrected chi connectivity index (χ1v) is 5.79. The molecule has 0 radical (unpaired) electrons. The van der Waals surface area contributed by atoms with Crippen LogP contribution in [0.2, 0.25) is 0 Å². The second-order valence-corrected chi connectivity index (χ2v) is 3.86. The molecule has 0 aliphatic carbocycles. The van der Waals surface area contributed by atoms with Crippen molar-refractivity contribution in [1.82, 2.24) is 10.3 Å². The highest BCUT2D eigenvalue weighted by Crippen LogP contribution is 2.10. The zero-order valence-electron chi connectivity index (χ0n) is 10.6. The molecule has 0 saturated heterocycles. The van der Waals surface area contributed by atoms with Gasteiger partial charge in [-0.05, 0) is 23.8 Å². The molecule has 0 bridgehead atoms. The van der Waals surface area contributed by atoms with Crippen LogP contribution in [-0.2, 0) is 13.1 Å². The lowest BCUT2D eigenvalue weighted by Gasteiger charge is -2.05. The van der Waals surface area contributed by atoms with Gasteiger partial charge >= 0.3 is 0 Å². The van der Waals surface area contributed by atoms with Gasteiger partial charge in [-0.3, -0.25) is 4.79 Å². The molecular formula is C13H15N3O3. The Bertz CT molecular complexity index is 566. The van der Waals surface area contributed by atoms with Gasteiger partial charge in [-0.25, -0.2) is 4.98 Å². The lowest BCUT2D eigenvalue weighted by atomic mass is 10.2. The van der Waals surface area contributed by atoms with Gasteiger partial charge < -0.3 is 20.2 Å². The number of nitrogens with zero attached hydrogens (tertiary/aromatic N) is 1. The molecule has 2 heterocycles. The molecule has 0 atom stereocenters. The molecule has 6 nitrogen and oxygen atoms in total. The average molecular weight is 261 g/mol. The Morgan fingerprint density at radius 2 is 2.32 bits per heavy atom. The quantitative estimate of drug-likeness (QED) is 0.840. The minimum absolute atomic E-state index is 0.251. The molecule has 2 rings (SSSR count). The maximum atomic E-state index is 11.8. The van der Waals surface area contributed by atoms with Crippen molar-refractivity contribution < 1.29 is 13.9 Å². The summed E-state index contributed by atoms with van der Waals surface area (Å²) in [5, 5.41) is 2.75. The number of methoxy groups -OCH3 is 1. The first kappa shape index (κ1) is 13.1. The van der Waals surface area contributed by atoms with Gasteiger partial charge in [-0.1, -0.05) is 0 Å². The molecule has 3 N–H and O–H groups in total. The molecule has 19 heavy (non-hydrogen) atoms. The van der Waals surface area contributed by atoms with Crippen molar-refractivity contribution in [3.05, 3.63) is 47.5 Å². The monoisotopic (exact) mass is 261 g/mol. The van der Waals surface area contributed by atoms with E-state index in [-0.39, 0.29) is 18.2 Å². The summed E-state index contributed by atoms with van der Waals surface area (Å²) in [6.07, 6.45) is 1.62. The highest BCUT2D eigenvalue weighted by molar-refractivity contribution is 5.91. The zero-order chi connectivity index (χ0) is 13.7. The van der Waals surface area contributed by atoms with Crippen LogP contribution in [0.3, 0.4) is 0 Å². The van der Waals surface area contributed by atoms with Crippen LogP contribution >= 0.6 is 0 Å². The summed E-state index contributed by atoms with van der Waals surface area (Å²) in [5.74, 6) is 1.06. The maximum absolute atomic E-state index is 11.8. The highest BCUT2D eigenvalue weighted by Gasteiger charge is 2.10. The molecule has 2 aromatic heterocycles. The molecule has 0 aromatic carbocycles. The van der Waals surface area contributed by atoms with E-state index in [2.05, 4.69) is 10.3 Å². The maximum Gasteiger partial charge on any atom is 0.287 e. The van der Waals surface area contributed by atoms with Crippen LogP contribution < -0.4 is 15.8 Å². The van der Waals surface area contributed by atoms with Crippen LogP contribution in [-0.4, -0.2) is 18.0 Å². The van der Waals surface area contributed by atoms with Crippen molar-refractivity contribution in [2.24, 2.45) is 5.73 Å². The molecule has 100 valence electrons. The minimum atomic E-state index is -0.282. The fraction of sp³-hybridized carbons (Fsp3) is 0.231. The number of hydrogen-bond donors (Lipinski definition) is 2. The second-order valence-electron chi connectivity index (χ2n) is 3.86. The summed E-state index contributed by atoms with van der Waals surface area (Å²) in [6, 6.07) is 6.85. The summed E-state index contributed by atoms with van der Waals surface area (Å²) in [5.41, 5.74) is 6.31. The van der Waals surface area contributed by atoms with Crippen LogP contribution in [0, 0.1) is 0 Å². The molecule has 0 unspecified atom stereocenters. The third-order valence-electron chi connectivity index (χ3n) is 2.55. The van der Waals surface area contributed by atoms with Gasteiger partial charge in [0.05, 0.1) is 13.7 Å². The van der Waals surface area contributed by atoms with Crippen molar-refractivity contribution in [3.8, 4) is 5.88 Å². The number of carbonyl (C=O) groups is 1. The number of furan rings is 1. The van der Waals surface area contributed by atoms with E-state index < -0.39 is 0 Å². The van der Waals surface area contributed by atoms with Crippen molar-refractivity contribution in [1.29, 1.82) is 0 Å². The molecule has 0 aliphatic heterocycles. The predicted molar refractivity (Wildman–Crippen MR) is 68.6 cm³/mol. The summed E-state index contributed by atoms with van der Waals surface area (Å²) < 4.78 is 10.3. The van der Waals surface area contributed by atoms with Gasteiger partial charge in [-0.2, -0.15) is 0 Å². The van der Waals surface area contributed by atoms with Gasteiger partial charge in [-0.15, -0.1) is 0 Å². The standard InChI is InChI=1S/C13H15N3O3/c1-18-12-6-9(4-5-15-12)8-16-13(17)11-3-2-10(7-14)19-11/h2-6H,7-8,14H2,1H3,(H,16,17). The Hall–Kier alpha value is -2.34. The van der Waals surface area contributed by atoms with Crippen molar-refractivity contribution >= 4 is 5.91 Å². The summed E-state index contributed by atoms with van der Waals surface area (Å²) in [6.45, 7) is 0.644. The number of nitrogens with two attached hydrogens (primary N) is 1. The first-order valence-electron chi connectivity index (χ1n) is 5.79. The van der Waals surface area contributed by atoms with Gasteiger partial charge in [0.25, 0.3) is 5.91 Å². The summed E-state index contributed by atoms with van der Waals surface area (Å²) >= 11 is 0. The third-order valence-corrected chi connectivity index (χ3v) is 2.55. The normalized spacial score (nSPS) is 10.2. The van der Waals surface area contributed by atoms with E-state index in [1.54, 1.807) is 37.6 Å².